The highest BCUT2D eigenvalue weighted by atomic mass is 16.1. The fourth-order valence-electron chi connectivity index (χ4n) is 2.53. The number of rotatable bonds is 3. The standard InChI is InChI=1S/C15H18BN5O/c1-20-10-13(16)19-14(15(20)22)18-11-2-4-12(5-3-11)21-8-6-17-7-9-21/h2-5,10,17H,6-9H2,1H3,(H,18,19). The van der Waals surface area contributed by atoms with Gasteiger partial charge in [-0.3, -0.25) is 4.79 Å². The fourth-order valence-corrected chi connectivity index (χ4v) is 2.53. The molecule has 0 aliphatic carbocycles. The number of aryl methyl sites for hydroxylation is 1. The molecule has 1 fully saturated rings. The third-order valence-corrected chi connectivity index (χ3v) is 3.70. The number of piperazine rings is 1. The maximum Gasteiger partial charge on any atom is 0.293 e. The minimum Gasteiger partial charge on any atom is -0.369 e. The molecule has 0 atom stereocenters. The van der Waals surface area contributed by atoms with Gasteiger partial charge in [0.15, 0.2) is 5.82 Å². The van der Waals surface area contributed by atoms with Gasteiger partial charge in [0.05, 0.1) is 0 Å². The Morgan fingerprint density at radius 3 is 2.59 bits per heavy atom. The second-order valence-corrected chi connectivity index (χ2v) is 5.34. The van der Waals surface area contributed by atoms with Crippen molar-refractivity contribution in [2.75, 3.05) is 36.4 Å². The van der Waals surface area contributed by atoms with Crippen LogP contribution in [0.4, 0.5) is 17.2 Å². The number of aromatic nitrogens is 2. The van der Waals surface area contributed by atoms with Crippen molar-refractivity contribution in [2.24, 2.45) is 7.05 Å². The molecule has 0 amide bonds. The molecule has 0 bridgehead atoms. The molecule has 6 nitrogen and oxygen atoms in total. The molecule has 7 heteroatoms. The Bertz CT molecular complexity index is 707. The van der Waals surface area contributed by atoms with Crippen LogP contribution in [-0.2, 0) is 7.05 Å². The highest BCUT2D eigenvalue weighted by Crippen LogP contribution is 2.19. The topological polar surface area (TPSA) is 62.2 Å². The van der Waals surface area contributed by atoms with Gasteiger partial charge in [-0.15, -0.1) is 0 Å². The van der Waals surface area contributed by atoms with Crippen LogP contribution in [0.2, 0.25) is 0 Å². The summed E-state index contributed by atoms with van der Waals surface area (Å²) in [5.41, 5.74) is 2.09. The third-order valence-electron chi connectivity index (χ3n) is 3.70. The van der Waals surface area contributed by atoms with E-state index in [0.29, 0.717) is 5.59 Å². The van der Waals surface area contributed by atoms with Crippen LogP contribution in [0, 0.1) is 0 Å². The molecule has 0 spiro atoms. The first-order valence-electron chi connectivity index (χ1n) is 7.29. The van der Waals surface area contributed by atoms with E-state index in [1.54, 1.807) is 7.05 Å². The molecule has 2 aromatic rings. The zero-order valence-corrected chi connectivity index (χ0v) is 12.5. The average molecular weight is 295 g/mol. The van der Waals surface area contributed by atoms with E-state index in [0.717, 1.165) is 31.9 Å². The lowest BCUT2D eigenvalue weighted by Crippen LogP contribution is -2.43. The molecule has 3 rings (SSSR count). The van der Waals surface area contributed by atoms with Gasteiger partial charge in [-0.25, -0.2) is 4.98 Å². The number of nitrogens with zero attached hydrogens (tertiary/aromatic N) is 3. The first kappa shape index (κ1) is 14.7. The van der Waals surface area contributed by atoms with Crippen LogP contribution in [-0.4, -0.2) is 43.6 Å². The Labute approximate surface area is 130 Å². The lowest BCUT2D eigenvalue weighted by Gasteiger charge is -2.29. The smallest absolute Gasteiger partial charge is 0.293 e. The number of nitrogens with one attached hydrogen (secondary N) is 2. The Balaban J connectivity index is 1.77. The number of hydrogen-bond donors (Lipinski definition) is 2. The highest BCUT2D eigenvalue weighted by molar-refractivity contribution is 6.30. The molecule has 22 heavy (non-hydrogen) atoms. The number of hydrogen-bond acceptors (Lipinski definition) is 5. The van der Waals surface area contributed by atoms with Crippen LogP contribution in [0.15, 0.2) is 35.3 Å². The minimum atomic E-state index is -0.208. The molecule has 2 N–H and O–H groups in total. The van der Waals surface area contributed by atoms with Crippen LogP contribution in [0.1, 0.15) is 0 Å². The van der Waals surface area contributed by atoms with E-state index >= 15 is 0 Å². The van der Waals surface area contributed by atoms with E-state index in [9.17, 15) is 4.79 Å². The molecule has 1 aliphatic rings. The zero-order valence-electron chi connectivity index (χ0n) is 12.5. The number of anilines is 3. The van der Waals surface area contributed by atoms with Gasteiger partial charge in [-0.1, -0.05) is 0 Å². The summed E-state index contributed by atoms with van der Waals surface area (Å²) in [6, 6.07) is 7.98. The van der Waals surface area contributed by atoms with Gasteiger partial charge in [0.2, 0.25) is 0 Å². The number of benzene rings is 1. The molecule has 112 valence electrons. The quantitative estimate of drug-likeness (QED) is 0.763. The lowest BCUT2D eigenvalue weighted by atomic mass is 10.1. The van der Waals surface area contributed by atoms with Crippen LogP contribution < -0.4 is 26.7 Å². The van der Waals surface area contributed by atoms with Crippen molar-refractivity contribution in [3.05, 3.63) is 40.8 Å². The summed E-state index contributed by atoms with van der Waals surface area (Å²) in [7, 11) is 7.33. The van der Waals surface area contributed by atoms with Gasteiger partial charge < -0.3 is 20.1 Å². The molecular weight excluding hydrogens is 277 g/mol. The fraction of sp³-hybridized carbons (Fsp3) is 0.333. The van der Waals surface area contributed by atoms with E-state index in [4.69, 9.17) is 7.85 Å². The summed E-state index contributed by atoms with van der Waals surface area (Å²) in [4.78, 5) is 18.4. The van der Waals surface area contributed by atoms with Gasteiger partial charge >= 0.3 is 0 Å². The maximum absolute atomic E-state index is 12.0. The summed E-state index contributed by atoms with van der Waals surface area (Å²) in [6.45, 7) is 4.01. The average Bonchev–Trinajstić information content (AvgIpc) is 2.54. The van der Waals surface area contributed by atoms with Crippen LogP contribution >= 0.6 is 0 Å². The van der Waals surface area contributed by atoms with Crippen LogP contribution in [0.5, 0.6) is 0 Å². The first-order chi connectivity index (χ1) is 10.6. The van der Waals surface area contributed by atoms with Crippen molar-refractivity contribution in [3.8, 4) is 0 Å². The van der Waals surface area contributed by atoms with Crippen molar-refractivity contribution >= 4 is 30.6 Å². The molecular formula is C15H18BN5O. The summed E-state index contributed by atoms with van der Waals surface area (Å²) in [6.07, 6.45) is 1.50. The van der Waals surface area contributed by atoms with E-state index in [1.165, 1.54) is 16.5 Å². The maximum atomic E-state index is 12.0. The molecule has 1 aromatic carbocycles. The minimum absolute atomic E-state index is 0.208. The van der Waals surface area contributed by atoms with Gasteiger partial charge in [0.25, 0.3) is 5.56 Å². The summed E-state index contributed by atoms with van der Waals surface area (Å²) >= 11 is 0. The van der Waals surface area contributed by atoms with Gasteiger partial charge in [0.1, 0.15) is 7.85 Å². The van der Waals surface area contributed by atoms with Crippen molar-refractivity contribution in [1.29, 1.82) is 0 Å². The second kappa shape index (κ2) is 6.23. The monoisotopic (exact) mass is 295 g/mol. The Hall–Kier alpha value is -2.28. The molecule has 1 aromatic heterocycles. The van der Waals surface area contributed by atoms with E-state index in [2.05, 4.69) is 20.5 Å². The van der Waals surface area contributed by atoms with Crippen LogP contribution in [0.3, 0.4) is 0 Å². The van der Waals surface area contributed by atoms with Gasteiger partial charge in [-0.2, -0.15) is 0 Å². The van der Waals surface area contributed by atoms with Crippen molar-refractivity contribution in [2.45, 2.75) is 0 Å². The second-order valence-electron chi connectivity index (χ2n) is 5.34. The van der Waals surface area contributed by atoms with Gasteiger partial charge in [0, 0.05) is 56.4 Å². The third kappa shape index (κ3) is 3.14. The molecule has 2 radical (unpaired) electrons. The predicted molar refractivity (Wildman–Crippen MR) is 89.7 cm³/mol. The van der Waals surface area contributed by atoms with Gasteiger partial charge in [-0.05, 0) is 24.3 Å². The molecule has 0 unspecified atom stereocenters. The Morgan fingerprint density at radius 2 is 1.91 bits per heavy atom. The predicted octanol–water partition coefficient (Wildman–Crippen LogP) is -0.273. The zero-order chi connectivity index (χ0) is 15.5. The normalized spacial score (nSPS) is 14.9. The summed E-state index contributed by atoms with van der Waals surface area (Å²) in [5, 5.41) is 6.36. The van der Waals surface area contributed by atoms with Crippen molar-refractivity contribution < 1.29 is 0 Å². The molecule has 0 saturated carbocycles. The molecule has 1 aliphatic heterocycles. The molecule has 1 saturated heterocycles. The van der Waals surface area contributed by atoms with E-state index < -0.39 is 0 Å². The SMILES string of the molecule is [B]c1cn(C)c(=O)c(Nc2ccc(N3CCNCC3)cc2)n1. The van der Waals surface area contributed by atoms with Crippen molar-refractivity contribution in [3.63, 3.8) is 0 Å². The highest BCUT2D eigenvalue weighted by Gasteiger charge is 2.10. The van der Waals surface area contributed by atoms with Crippen molar-refractivity contribution in [1.82, 2.24) is 14.9 Å². The summed E-state index contributed by atoms with van der Waals surface area (Å²) < 4.78 is 1.42. The lowest BCUT2D eigenvalue weighted by molar-refractivity contribution is 0.589. The molecule has 2 heterocycles. The Morgan fingerprint density at radius 1 is 1.23 bits per heavy atom. The largest absolute Gasteiger partial charge is 0.369 e. The first-order valence-corrected chi connectivity index (χ1v) is 7.29. The summed E-state index contributed by atoms with van der Waals surface area (Å²) in [5.74, 6) is 0.234. The van der Waals surface area contributed by atoms with E-state index in [-0.39, 0.29) is 11.4 Å². The van der Waals surface area contributed by atoms with E-state index in [1.807, 2.05) is 24.3 Å². The van der Waals surface area contributed by atoms with Crippen LogP contribution in [0.25, 0.3) is 0 Å². The Kier molecular flexibility index (Phi) is 4.15.